The minimum Gasteiger partial charge on any atom is -0.506 e. The minimum absolute atomic E-state index is 0.0339. The third-order valence-corrected chi connectivity index (χ3v) is 7.23. The smallest absolute Gasteiger partial charge is 0.335 e. The Labute approximate surface area is 241 Å². The Morgan fingerprint density at radius 3 is 2.41 bits per heavy atom. The first-order chi connectivity index (χ1) is 19.8. The number of rotatable bonds is 14. The molecule has 0 aliphatic heterocycles. The van der Waals surface area contributed by atoms with E-state index in [4.69, 9.17) is 13.9 Å². The van der Waals surface area contributed by atoms with Crippen LogP contribution in [0.2, 0.25) is 0 Å². The van der Waals surface area contributed by atoms with Gasteiger partial charge in [-0.15, -0.1) is 0 Å². The van der Waals surface area contributed by atoms with E-state index in [9.17, 15) is 24.2 Å². The van der Waals surface area contributed by atoms with Gasteiger partial charge in [-0.05, 0) is 48.4 Å². The molecule has 0 fully saturated rings. The molecule has 9 nitrogen and oxygen atoms in total. The largest absolute Gasteiger partial charge is 0.506 e. The number of carbonyl (C=O) groups is 2. The van der Waals surface area contributed by atoms with E-state index in [-0.39, 0.29) is 22.6 Å². The fourth-order valence-corrected chi connectivity index (χ4v) is 4.98. The second-order valence-electron chi connectivity index (χ2n) is 8.95. The fraction of sp³-hybridized carbons (Fsp3) is 0.267. The Balaban J connectivity index is 1.36. The van der Waals surface area contributed by atoms with Gasteiger partial charge in [0.05, 0.1) is 49.8 Å². The van der Waals surface area contributed by atoms with Crippen LogP contribution in [0.4, 0.5) is 10.1 Å². The number of phenolic OH excluding ortho intramolecular Hbond substituents is 1. The highest BCUT2D eigenvalue weighted by Gasteiger charge is 2.24. The summed E-state index contributed by atoms with van der Waals surface area (Å²) in [6.45, 7) is 1.88. The number of nitrogens with zero attached hydrogens (tertiary/aromatic N) is 1. The summed E-state index contributed by atoms with van der Waals surface area (Å²) in [5.41, 5.74) is 2.67. The van der Waals surface area contributed by atoms with E-state index in [0.717, 1.165) is 5.56 Å². The van der Waals surface area contributed by atoms with Crippen LogP contribution < -0.4 is 9.62 Å². The third-order valence-electron chi connectivity index (χ3n) is 6.41. The molecule has 0 bridgehead atoms. The molecule has 4 rings (SSSR count). The standard InChI is InChI=1S/C30H31FN2O7S/c1-32-29(35)27-23-17-25(34)24(18-26(23)40-28(27)20-7-9-21(31)10-8-20)33(41-2)12-14-39-16-15-38-13-11-19-5-3-4-6-22(19)30(36)37/h3-10,17-18,34H,11-16H2,1-2H3,(H,32,35)(H,36,37). The molecule has 1 heterocycles. The quantitative estimate of drug-likeness (QED) is 0.133. The predicted molar refractivity (Wildman–Crippen MR) is 156 cm³/mol. The van der Waals surface area contributed by atoms with Crippen LogP contribution in [0.5, 0.6) is 5.75 Å². The summed E-state index contributed by atoms with van der Waals surface area (Å²) in [6, 6.07) is 15.6. The number of halogens is 1. The Morgan fingerprint density at radius 2 is 1.73 bits per heavy atom. The first kappa shape index (κ1) is 29.9. The number of carbonyl (C=O) groups excluding carboxylic acids is 1. The summed E-state index contributed by atoms with van der Waals surface area (Å²) in [5.74, 6) is -1.51. The maximum absolute atomic E-state index is 13.5. The van der Waals surface area contributed by atoms with Crippen LogP contribution in [0.3, 0.4) is 0 Å². The van der Waals surface area contributed by atoms with E-state index >= 15 is 0 Å². The average Bonchev–Trinajstić information content (AvgIpc) is 3.34. The number of furan rings is 1. The molecule has 4 aromatic rings. The molecule has 41 heavy (non-hydrogen) atoms. The molecule has 3 aromatic carbocycles. The number of amides is 1. The van der Waals surface area contributed by atoms with Gasteiger partial charge in [0.25, 0.3) is 5.91 Å². The molecule has 11 heteroatoms. The zero-order chi connectivity index (χ0) is 29.4. The van der Waals surface area contributed by atoms with Crippen LogP contribution in [0.25, 0.3) is 22.3 Å². The van der Waals surface area contributed by atoms with Crippen molar-refractivity contribution in [1.82, 2.24) is 5.32 Å². The summed E-state index contributed by atoms with van der Waals surface area (Å²) in [4.78, 5) is 24.0. The van der Waals surface area contributed by atoms with Gasteiger partial charge >= 0.3 is 5.97 Å². The number of nitrogens with one attached hydrogen (secondary N) is 1. The number of aromatic hydroxyl groups is 1. The number of aromatic carboxylic acids is 1. The second-order valence-corrected chi connectivity index (χ2v) is 9.76. The first-order valence-electron chi connectivity index (χ1n) is 12.9. The van der Waals surface area contributed by atoms with Crippen LogP contribution in [0, 0.1) is 5.82 Å². The van der Waals surface area contributed by atoms with E-state index in [1.165, 1.54) is 49.3 Å². The van der Waals surface area contributed by atoms with Crippen molar-refractivity contribution in [2.24, 2.45) is 0 Å². The predicted octanol–water partition coefficient (Wildman–Crippen LogP) is 5.36. The zero-order valence-corrected chi connectivity index (χ0v) is 23.5. The van der Waals surface area contributed by atoms with Crippen molar-refractivity contribution < 1.29 is 38.1 Å². The maximum Gasteiger partial charge on any atom is 0.335 e. The first-order valence-corrected chi connectivity index (χ1v) is 14.1. The highest BCUT2D eigenvalue weighted by atomic mass is 32.2. The zero-order valence-electron chi connectivity index (χ0n) is 22.7. The van der Waals surface area contributed by atoms with Crippen molar-refractivity contribution in [2.45, 2.75) is 6.42 Å². The Kier molecular flexibility index (Phi) is 10.2. The monoisotopic (exact) mass is 582 g/mol. The van der Waals surface area contributed by atoms with E-state index in [1.807, 2.05) is 10.6 Å². The van der Waals surface area contributed by atoms with E-state index in [0.29, 0.717) is 61.6 Å². The van der Waals surface area contributed by atoms with Crippen LogP contribution in [0.1, 0.15) is 26.3 Å². The van der Waals surface area contributed by atoms with Gasteiger partial charge in [-0.2, -0.15) is 0 Å². The summed E-state index contributed by atoms with van der Waals surface area (Å²) >= 11 is 1.39. The SMILES string of the molecule is CNC(=O)c1c(-c2ccc(F)cc2)oc2cc(N(CCOCCOCCc3ccccc3C(=O)O)SC)c(O)cc12. The van der Waals surface area contributed by atoms with Crippen molar-refractivity contribution in [3.8, 4) is 17.1 Å². The lowest BCUT2D eigenvalue weighted by Crippen LogP contribution is -2.21. The Bertz CT molecular complexity index is 1510. The lowest BCUT2D eigenvalue weighted by atomic mass is 10.0. The molecule has 3 N–H and O–H groups in total. The van der Waals surface area contributed by atoms with Gasteiger partial charge in [0.15, 0.2) is 0 Å². The van der Waals surface area contributed by atoms with E-state index < -0.39 is 17.7 Å². The van der Waals surface area contributed by atoms with E-state index in [2.05, 4.69) is 5.32 Å². The third kappa shape index (κ3) is 7.18. The van der Waals surface area contributed by atoms with Crippen LogP contribution in [-0.4, -0.2) is 68.4 Å². The van der Waals surface area contributed by atoms with Gasteiger partial charge in [-0.1, -0.05) is 30.1 Å². The van der Waals surface area contributed by atoms with Gasteiger partial charge in [0, 0.05) is 30.3 Å². The van der Waals surface area contributed by atoms with Crippen molar-refractivity contribution in [2.75, 3.05) is 50.6 Å². The number of carboxylic acids is 1. The second kappa shape index (κ2) is 14.0. The highest BCUT2D eigenvalue weighted by Crippen LogP contribution is 2.41. The number of anilines is 1. The molecule has 0 saturated heterocycles. The number of hydrogen-bond donors (Lipinski definition) is 3. The molecule has 0 aliphatic rings. The Morgan fingerprint density at radius 1 is 1.02 bits per heavy atom. The summed E-state index contributed by atoms with van der Waals surface area (Å²) < 4.78 is 32.7. The molecule has 1 aromatic heterocycles. The number of ether oxygens (including phenoxy) is 2. The molecular formula is C30H31FN2O7S. The minimum atomic E-state index is -0.959. The van der Waals surface area contributed by atoms with Crippen LogP contribution >= 0.6 is 11.9 Å². The fourth-order valence-electron chi connectivity index (χ4n) is 4.38. The summed E-state index contributed by atoms with van der Waals surface area (Å²) in [5, 5.41) is 23.2. The Hall–Kier alpha value is -4.06. The topological polar surface area (TPSA) is 121 Å². The molecule has 216 valence electrons. The molecular weight excluding hydrogens is 551 g/mol. The number of benzene rings is 3. The van der Waals surface area contributed by atoms with Crippen molar-refractivity contribution in [3.05, 3.63) is 83.2 Å². The van der Waals surface area contributed by atoms with Gasteiger partial charge in [-0.25, -0.2) is 9.18 Å². The van der Waals surface area contributed by atoms with E-state index in [1.54, 1.807) is 30.3 Å². The van der Waals surface area contributed by atoms with Crippen LogP contribution in [-0.2, 0) is 15.9 Å². The molecule has 1 amide bonds. The normalized spacial score (nSPS) is 11.1. The van der Waals surface area contributed by atoms with Gasteiger partial charge in [0.2, 0.25) is 0 Å². The summed E-state index contributed by atoms with van der Waals surface area (Å²) in [7, 11) is 1.50. The van der Waals surface area contributed by atoms with Gasteiger partial charge < -0.3 is 33.7 Å². The molecule has 0 atom stereocenters. The van der Waals surface area contributed by atoms with Gasteiger partial charge in [0.1, 0.15) is 22.9 Å². The molecule has 0 saturated carbocycles. The highest BCUT2D eigenvalue weighted by molar-refractivity contribution is 8.00. The molecule has 0 radical (unpaired) electrons. The van der Waals surface area contributed by atoms with Crippen molar-refractivity contribution in [3.63, 3.8) is 0 Å². The van der Waals surface area contributed by atoms with Crippen LogP contribution in [0.15, 0.2) is 65.1 Å². The number of hydrogen-bond acceptors (Lipinski definition) is 8. The summed E-state index contributed by atoms with van der Waals surface area (Å²) in [6.07, 6.45) is 2.35. The number of fused-ring (bicyclic) bond motifs is 1. The molecule has 0 aliphatic carbocycles. The van der Waals surface area contributed by atoms with Crippen molar-refractivity contribution in [1.29, 1.82) is 0 Å². The number of carboxylic acid groups (broad SMARTS) is 1. The van der Waals surface area contributed by atoms with Crippen molar-refractivity contribution >= 4 is 40.5 Å². The number of phenols is 1. The lowest BCUT2D eigenvalue weighted by molar-refractivity contribution is 0.0520. The maximum atomic E-state index is 13.5. The van der Waals surface area contributed by atoms with Gasteiger partial charge in [-0.3, -0.25) is 4.79 Å². The molecule has 0 spiro atoms. The average molecular weight is 583 g/mol. The lowest BCUT2D eigenvalue weighted by Gasteiger charge is -2.22. The molecule has 0 unspecified atom stereocenters.